The molecule has 0 aliphatic heterocycles. The minimum atomic E-state index is 0.225. The van der Waals surface area contributed by atoms with Crippen LogP contribution in [-0.2, 0) is 4.79 Å². The number of allylic oxidation sites excluding steroid dienone is 4. The molecule has 13 heavy (non-hydrogen) atoms. The number of hydrogen-bond donors (Lipinski definition) is 0. The van der Waals surface area contributed by atoms with Crippen LogP contribution in [0.1, 0.15) is 46.0 Å². The summed E-state index contributed by atoms with van der Waals surface area (Å²) >= 11 is 0. The molecule has 1 heteroatoms. The zero-order valence-electron chi connectivity index (χ0n) is 8.75. The Kier molecular flexibility index (Phi) is 8.64. The number of rotatable bonds is 7. The molecule has 1 nitrogen and oxygen atoms in total. The van der Waals surface area contributed by atoms with Gasteiger partial charge >= 0.3 is 0 Å². The lowest BCUT2D eigenvalue weighted by Crippen LogP contribution is -1.88. The zero-order valence-corrected chi connectivity index (χ0v) is 8.75. The number of carbonyl (C=O) groups excluding carboxylic acids is 1. The molecule has 0 spiro atoms. The van der Waals surface area contributed by atoms with Gasteiger partial charge in [0.1, 0.15) is 0 Å². The number of unbranched alkanes of at least 4 members (excludes halogenated alkanes) is 2. The maximum atomic E-state index is 11.0. The van der Waals surface area contributed by atoms with Gasteiger partial charge in [0.05, 0.1) is 0 Å². The van der Waals surface area contributed by atoms with Crippen LogP contribution < -0.4 is 0 Å². The van der Waals surface area contributed by atoms with Crippen LogP contribution >= 0.6 is 0 Å². The van der Waals surface area contributed by atoms with Gasteiger partial charge in [0.15, 0.2) is 5.78 Å². The van der Waals surface area contributed by atoms with E-state index in [9.17, 15) is 4.79 Å². The molecule has 0 aliphatic carbocycles. The van der Waals surface area contributed by atoms with Crippen molar-refractivity contribution in [2.24, 2.45) is 0 Å². The summed E-state index contributed by atoms with van der Waals surface area (Å²) in [6.45, 7) is 4.19. The Morgan fingerprint density at radius 1 is 1.15 bits per heavy atom. The van der Waals surface area contributed by atoms with Crippen molar-refractivity contribution in [1.29, 1.82) is 0 Å². The van der Waals surface area contributed by atoms with Crippen molar-refractivity contribution in [3.8, 4) is 0 Å². The monoisotopic (exact) mass is 180 g/mol. The zero-order chi connectivity index (χ0) is 9.94. The molecule has 0 aromatic heterocycles. The molecule has 0 aromatic carbocycles. The van der Waals surface area contributed by atoms with Crippen molar-refractivity contribution in [3.05, 3.63) is 24.3 Å². The van der Waals surface area contributed by atoms with Gasteiger partial charge < -0.3 is 0 Å². The van der Waals surface area contributed by atoms with Crippen LogP contribution in [0.3, 0.4) is 0 Å². The first-order valence-electron chi connectivity index (χ1n) is 5.17. The predicted molar refractivity (Wildman–Crippen MR) is 57.7 cm³/mol. The summed E-state index contributed by atoms with van der Waals surface area (Å²) in [5, 5.41) is 0. The largest absolute Gasteiger partial charge is 0.295 e. The first-order chi connectivity index (χ1) is 6.31. The highest BCUT2D eigenvalue weighted by atomic mass is 16.1. The van der Waals surface area contributed by atoms with Crippen LogP contribution in [0.25, 0.3) is 0 Å². The number of carbonyl (C=O) groups is 1. The van der Waals surface area contributed by atoms with E-state index in [2.05, 4.69) is 13.0 Å². The van der Waals surface area contributed by atoms with Crippen LogP contribution in [0.15, 0.2) is 24.3 Å². The van der Waals surface area contributed by atoms with E-state index in [4.69, 9.17) is 0 Å². The summed E-state index contributed by atoms with van der Waals surface area (Å²) in [4.78, 5) is 11.0. The molecule has 74 valence electrons. The van der Waals surface area contributed by atoms with Gasteiger partial charge in [-0.2, -0.15) is 0 Å². The van der Waals surface area contributed by atoms with Crippen LogP contribution in [0.2, 0.25) is 0 Å². The molecule has 0 saturated carbocycles. The van der Waals surface area contributed by atoms with Crippen molar-refractivity contribution in [2.45, 2.75) is 46.0 Å². The van der Waals surface area contributed by atoms with E-state index in [-0.39, 0.29) is 5.78 Å². The smallest absolute Gasteiger partial charge is 0.155 e. The lowest BCUT2D eigenvalue weighted by molar-refractivity contribution is -0.114. The van der Waals surface area contributed by atoms with E-state index in [1.54, 1.807) is 6.08 Å². The van der Waals surface area contributed by atoms with Gasteiger partial charge in [-0.15, -0.1) is 0 Å². The van der Waals surface area contributed by atoms with E-state index in [0.717, 1.165) is 12.8 Å². The lowest BCUT2D eigenvalue weighted by atomic mass is 10.2. The first-order valence-corrected chi connectivity index (χ1v) is 5.17. The summed E-state index contributed by atoms with van der Waals surface area (Å²) in [6.07, 6.45) is 12.7. The van der Waals surface area contributed by atoms with Gasteiger partial charge in [-0.25, -0.2) is 0 Å². The molecule has 0 atom stereocenters. The van der Waals surface area contributed by atoms with E-state index in [0.29, 0.717) is 6.42 Å². The maximum absolute atomic E-state index is 11.0. The Bertz CT molecular complexity index is 178. The first kappa shape index (κ1) is 12.2. The van der Waals surface area contributed by atoms with Crippen LogP contribution in [-0.4, -0.2) is 5.78 Å². The molecule has 0 amide bonds. The van der Waals surface area contributed by atoms with Gasteiger partial charge in [0.25, 0.3) is 0 Å². The molecule has 0 aromatic rings. The molecule has 0 bridgehead atoms. The molecular weight excluding hydrogens is 160 g/mol. The van der Waals surface area contributed by atoms with E-state index in [1.807, 2.05) is 19.1 Å². The molecule has 0 aliphatic rings. The van der Waals surface area contributed by atoms with Crippen LogP contribution in [0, 0.1) is 0 Å². The summed E-state index contributed by atoms with van der Waals surface area (Å²) in [5.74, 6) is 0.225. The minimum absolute atomic E-state index is 0.225. The van der Waals surface area contributed by atoms with Crippen LogP contribution in [0.4, 0.5) is 0 Å². The molecule has 0 rings (SSSR count). The molecule has 0 unspecified atom stereocenters. The fourth-order valence-electron chi connectivity index (χ4n) is 0.989. The average molecular weight is 180 g/mol. The van der Waals surface area contributed by atoms with Crippen molar-refractivity contribution in [3.63, 3.8) is 0 Å². The quantitative estimate of drug-likeness (QED) is 0.332. The van der Waals surface area contributed by atoms with Crippen molar-refractivity contribution in [1.82, 2.24) is 0 Å². The highest BCUT2D eigenvalue weighted by Crippen LogP contribution is 1.95. The highest BCUT2D eigenvalue weighted by molar-refractivity contribution is 5.89. The average Bonchev–Trinajstić information content (AvgIpc) is 2.11. The van der Waals surface area contributed by atoms with Gasteiger partial charge in [0.2, 0.25) is 0 Å². The second-order valence-electron chi connectivity index (χ2n) is 3.15. The summed E-state index contributed by atoms with van der Waals surface area (Å²) < 4.78 is 0. The summed E-state index contributed by atoms with van der Waals surface area (Å²) in [6, 6.07) is 0. The molecular formula is C12H20O. The number of ketones is 1. The van der Waals surface area contributed by atoms with Crippen molar-refractivity contribution < 1.29 is 4.79 Å². The topological polar surface area (TPSA) is 17.1 Å². The molecule has 0 fully saturated rings. The highest BCUT2D eigenvalue weighted by Gasteiger charge is 1.90. The molecule has 0 heterocycles. The second kappa shape index (κ2) is 9.24. The van der Waals surface area contributed by atoms with Gasteiger partial charge in [0, 0.05) is 6.42 Å². The Morgan fingerprint density at radius 2 is 1.92 bits per heavy atom. The SMILES string of the molecule is CCCC/C=C/C=C/C(=O)CCC. The van der Waals surface area contributed by atoms with E-state index < -0.39 is 0 Å². The summed E-state index contributed by atoms with van der Waals surface area (Å²) in [7, 11) is 0. The summed E-state index contributed by atoms with van der Waals surface area (Å²) in [5.41, 5.74) is 0. The van der Waals surface area contributed by atoms with Gasteiger partial charge in [-0.1, -0.05) is 44.9 Å². The standard InChI is InChI=1S/C12H20O/c1-3-5-6-7-8-9-11-12(13)10-4-2/h7-9,11H,3-6,10H2,1-2H3/b8-7+,11-9+. The Hall–Kier alpha value is -0.850. The van der Waals surface area contributed by atoms with E-state index >= 15 is 0 Å². The molecule has 0 radical (unpaired) electrons. The number of hydrogen-bond acceptors (Lipinski definition) is 1. The second-order valence-corrected chi connectivity index (χ2v) is 3.15. The molecule has 0 N–H and O–H groups in total. The fraction of sp³-hybridized carbons (Fsp3) is 0.583. The normalized spacial score (nSPS) is 11.5. The maximum Gasteiger partial charge on any atom is 0.155 e. The minimum Gasteiger partial charge on any atom is -0.295 e. The third-order valence-electron chi connectivity index (χ3n) is 1.75. The van der Waals surface area contributed by atoms with Crippen molar-refractivity contribution >= 4 is 5.78 Å². The Morgan fingerprint density at radius 3 is 2.54 bits per heavy atom. The Labute approximate surface area is 81.5 Å². The van der Waals surface area contributed by atoms with Crippen LogP contribution in [0.5, 0.6) is 0 Å². The lowest BCUT2D eigenvalue weighted by Gasteiger charge is -1.87. The third kappa shape index (κ3) is 9.06. The van der Waals surface area contributed by atoms with Gasteiger partial charge in [-0.05, 0) is 18.9 Å². The van der Waals surface area contributed by atoms with E-state index in [1.165, 1.54) is 12.8 Å². The third-order valence-corrected chi connectivity index (χ3v) is 1.75. The Balaban J connectivity index is 3.49. The molecule has 0 saturated heterocycles. The van der Waals surface area contributed by atoms with Gasteiger partial charge in [-0.3, -0.25) is 4.79 Å². The van der Waals surface area contributed by atoms with Crippen molar-refractivity contribution in [2.75, 3.05) is 0 Å². The predicted octanol–water partition coefficient (Wildman–Crippen LogP) is 3.66. The fourth-order valence-corrected chi connectivity index (χ4v) is 0.989.